The van der Waals surface area contributed by atoms with Crippen molar-refractivity contribution >= 4 is 37.5 Å². The third-order valence-corrected chi connectivity index (χ3v) is 3.67. The van der Waals surface area contributed by atoms with Gasteiger partial charge in [-0.1, -0.05) is 33.3 Å². The highest BCUT2D eigenvalue weighted by Crippen LogP contribution is 2.19. The van der Waals surface area contributed by atoms with Crippen LogP contribution in [-0.2, 0) is 12.4 Å². The quantitative estimate of drug-likeness (QED) is 0.720. The molecule has 1 heterocycles. The third-order valence-electron chi connectivity index (χ3n) is 2.01. The molecule has 0 unspecified atom stereocenters. The summed E-state index contributed by atoms with van der Waals surface area (Å²) in [5.74, 6) is 0. The van der Waals surface area contributed by atoms with Crippen molar-refractivity contribution in [2.75, 3.05) is 0 Å². The van der Waals surface area contributed by atoms with Crippen LogP contribution in [0.3, 0.4) is 0 Å². The molecule has 0 amide bonds. The van der Waals surface area contributed by atoms with Crippen molar-refractivity contribution in [3.8, 4) is 0 Å². The van der Waals surface area contributed by atoms with E-state index in [-0.39, 0.29) is 4.87 Å². The summed E-state index contributed by atoms with van der Waals surface area (Å²) in [6, 6.07) is 6.08. The number of aryl methyl sites for hydroxylation is 1. The summed E-state index contributed by atoms with van der Waals surface area (Å²) in [5.41, 5.74) is 2.22. The number of halogens is 1. The Morgan fingerprint density at radius 3 is 3.00 bits per heavy atom. The van der Waals surface area contributed by atoms with E-state index in [1.807, 2.05) is 18.2 Å². The van der Waals surface area contributed by atoms with Gasteiger partial charge in [-0.15, -0.1) is 0 Å². The van der Waals surface area contributed by atoms with Crippen LogP contribution in [0.4, 0.5) is 0 Å². The maximum atomic E-state index is 11.3. The van der Waals surface area contributed by atoms with Gasteiger partial charge in [-0.25, -0.2) is 0 Å². The van der Waals surface area contributed by atoms with Gasteiger partial charge in [0.25, 0.3) is 0 Å². The predicted molar refractivity (Wildman–Crippen MR) is 59.7 cm³/mol. The van der Waals surface area contributed by atoms with Gasteiger partial charge in [0, 0.05) is 12.4 Å². The van der Waals surface area contributed by atoms with E-state index >= 15 is 0 Å². The van der Waals surface area contributed by atoms with Crippen LogP contribution in [0.2, 0.25) is 0 Å². The van der Waals surface area contributed by atoms with Crippen molar-refractivity contribution in [1.82, 2.24) is 4.57 Å². The highest BCUT2D eigenvalue weighted by atomic mass is 79.9. The molecular weight excluding hydrogens is 250 g/mol. The molecule has 0 atom stereocenters. The van der Waals surface area contributed by atoms with Crippen molar-refractivity contribution in [2.45, 2.75) is 5.33 Å². The van der Waals surface area contributed by atoms with Gasteiger partial charge in [0.15, 0.2) is 0 Å². The summed E-state index contributed by atoms with van der Waals surface area (Å²) in [4.78, 5) is 11.4. The predicted octanol–water partition coefficient (Wildman–Crippen LogP) is 2.49. The summed E-state index contributed by atoms with van der Waals surface area (Å²) in [6.45, 7) is 0. The van der Waals surface area contributed by atoms with Crippen LogP contribution in [0.25, 0.3) is 10.2 Å². The first-order chi connectivity index (χ1) is 6.22. The molecule has 0 fully saturated rings. The zero-order valence-corrected chi connectivity index (χ0v) is 9.48. The Kier molecular flexibility index (Phi) is 2.26. The van der Waals surface area contributed by atoms with Crippen molar-refractivity contribution in [1.29, 1.82) is 0 Å². The average molecular weight is 258 g/mol. The largest absolute Gasteiger partial charge is 0.307 e. The zero-order chi connectivity index (χ0) is 9.42. The summed E-state index contributed by atoms with van der Waals surface area (Å²) in [7, 11) is 1.80. The molecule has 1 aromatic carbocycles. The fourth-order valence-electron chi connectivity index (χ4n) is 1.26. The second-order valence-corrected chi connectivity index (χ2v) is 4.42. The summed E-state index contributed by atoms with van der Waals surface area (Å²) in [5, 5.41) is 0.826. The number of hydrogen-bond donors (Lipinski definition) is 0. The molecule has 0 radical (unpaired) electrons. The number of rotatable bonds is 1. The molecule has 0 N–H and O–H groups in total. The molecule has 2 aromatic rings. The molecule has 2 rings (SSSR count). The molecule has 0 bridgehead atoms. The minimum atomic E-state index is 0.0988. The van der Waals surface area contributed by atoms with Crippen LogP contribution in [0.15, 0.2) is 23.0 Å². The van der Waals surface area contributed by atoms with E-state index in [4.69, 9.17) is 0 Å². The lowest BCUT2D eigenvalue weighted by Crippen LogP contribution is -2.06. The number of benzene rings is 1. The molecule has 1 aromatic heterocycles. The molecular formula is C9H8BrNOS. The van der Waals surface area contributed by atoms with Crippen LogP contribution in [0, 0.1) is 0 Å². The van der Waals surface area contributed by atoms with Gasteiger partial charge in [-0.3, -0.25) is 4.79 Å². The standard InChI is InChI=1S/C9H8BrNOS/c1-11-7-4-6(5-10)2-3-8(7)13-9(11)12/h2-4H,5H2,1H3. The number of alkyl halides is 1. The zero-order valence-electron chi connectivity index (χ0n) is 7.08. The fourth-order valence-corrected chi connectivity index (χ4v) is 2.46. The first-order valence-corrected chi connectivity index (χ1v) is 5.80. The fraction of sp³-hybridized carbons (Fsp3) is 0.222. The van der Waals surface area contributed by atoms with Crippen LogP contribution in [0.1, 0.15) is 5.56 Å². The number of hydrogen-bond acceptors (Lipinski definition) is 2. The van der Waals surface area contributed by atoms with E-state index < -0.39 is 0 Å². The maximum Gasteiger partial charge on any atom is 0.307 e. The lowest BCUT2D eigenvalue weighted by Gasteiger charge is -1.96. The van der Waals surface area contributed by atoms with E-state index in [1.54, 1.807) is 11.6 Å². The molecule has 0 aliphatic carbocycles. The molecule has 0 aliphatic rings. The summed E-state index contributed by atoms with van der Waals surface area (Å²) < 4.78 is 2.74. The highest BCUT2D eigenvalue weighted by Gasteiger charge is 2.03. The van der Waals surface area contributed by atoms with Crippen molar-refractivity contribution in [3.63, 3.8) is 0 Å². The molecule has 4 heteroatoms. The van der Waals surface area contributed by atoms with Gasteiger partial charge < -0.3 is 4.57 Å². The Morgan fingerprint density at radius 2 is 2.31 bits per heavy atom. The molecule has 0 saturated heterocycles. The Hall–Kier alpha value is -0.610. The second kappa shape index (κ2) is 3.27. The van der Waals surface area contributed by atoms with E-state index in [0.29, 0.717) is 0 Å². The number of fused-ring (bicyclic) bond motifs is 1. The van der Waals surface area contributed by atoms with Gasteiger partial charge in [-0.05, 0) is 17.7 Å². The first kappa shape index (κ1) is 8.97. The Balaban J connectivity index is 2.82. The summed E-state index contributed by atoms with van der Waals surface area (Å²) >= 11 is 4.68. The number of nitrogens with zero attached hydrogens (tertiary/aromatic N) is 1. The van der Waals surface area contributed by atoms with E-state index in [1.165, 1.54) is 16.9 Å². The Morgan fingerprint density at radius 1 is 1.54 bits per heavy atom. The van der Waals surface area contributed by atoms with E-state index in [9.17, 15) is 4.79 Å². The minimum absolute atomic E-state index is 0.0988. The highest BCUT2D eigenvalue weighted by molar-refractivity contribution is 9.08. The molecule has 68 valence electrons. The Bertz CT molecular complexity index is 500. The van der Waals surface area contributed by atoms with E-state index in [2.05, 4.69) is 15.9 Å². The summed E-state index contributed by atoms with van der Waals surface area (Å²) in [6.07, 6.45) is 0. The van der Waals surface area contributed by atoms with Crippen molar-refractivity contribution in [3.05, 3.63) is 33.4 Å². The monoisotopic (exact) mass is 257 g/mol. The second-order valence-electron chi connectivity index (χ2n) is 2.86. The molecule has 0 saturated carbocycles. The minimum Gasteiger partial charge on any atom is -0.302 e. The molecule has 13 heavy (non-hydrogen) atoms. The van der Waals surface area contributed by atoms with Gasteiger partial charge >= 0.3 is 4.87 Å². The lowest BCUT2D eigenvalue weighted by molar-refractivity contribution is 0.938. The number of thiazole rings is 1. The van der Waals surface area contributed by atoms with Gasteiger partial charge in [-0.2, -0.15) is 0 Å². The van der Waals surface area contributed by atoms with Crippen LogP contribution in [-0.4, -0.2) is 4.57 Å². The van der Waals surface area contributed by atoms with Gasteiger partial charge in [0.2, 0.25) is 0 Å². The van der Waals surface area contributed by atoms with Gasteiger partial charge in [0.05, 0.1) is 10.2 Å². The van der Waals surface area contributed by atoms with Crippen molar-refractivity contribution < 1.29 is 0 Å². The first-order valence-electron chi connectivity index (χ1n) is 3.87. The topological polar surface area (TPSA) is 22.0 Å². The maximum absolute atomic E-state index is 11.3. The third kappa shape index (κ3) is 1.44. The van der Waals surface area contributed by atoms with Crippen LogP contribution < -0.4 is 4.87 Å². The molecule has 0 aliphatic heterocycles. The molecule has 0 spiro atoms. The normalized spacial score (nSPS) is 10.9. The Labute approximate surface area is 87.9 Å². The number of aromatic nitrogens is 1. The van der Waals surface area contributed by atoms with Gasteiger partial charge in [0.1, 0.15) is 0 Å². The van der Waals surface area contributed by atoms with Crippen LogP contribution in [0.5, 0.6) is 0 Å². The SMILES string of the molecule is Cn1c(=O)sc2ccc(CBr)cc21. The van der Waals surface area contributed by atoms with E-state index in [0.717, 1.165) is 15.5 Å². The molecule has 2 nitrogen and oxygen atoms in total. The lowest BCUT2D eigenvalue weighted by atomic mass is 10.2. The van der Waals surface area contributed by atoms with Crippen molar-refractivity contribution in [2.24, 2.45) is 7.05 Å². The smallest absolute Gasteiger partial charge is 0.302 e. The average Bonchev–Trinajstić information content (AvgIpc) is 2.43. The van der Waals surface area contributed by atoms with Crippen LogP contribution >= 0.6 is 27.3 Å².